The number of carbonyl (C=O) groups is 2. The van der Waals surface area contributed by atoms with Gasteiger partial charge in [-0.1, -0.05) is 42.5 Å². The van der Waals surface area contributed by atoms with Crippen molar-refractivity contribution in [1.82, 2.24) is 4.90 Å². The molecule has 32 heavy (non-hydrogen) atoms. The van der Waals surface area contributed by atoms with E-state index in [0.29, 0.717) is 22.7 Å². The molecule has 162 valence electrons. The first-order valence-electron chi connectivity index (χ1n) is 9.91. The van der Waals surface area contributed by atoms with Crippen molar-refractivity contribution in [3.63, 3.8) is 0 Å². The monoisotopic (exact) mass is 432 g/mol. The molecule has 0 unspecified atom stereocenters. The summed E-state index contributed by atoms with van der Waals surface area (Å²) in [5, 5.41) is 2.95. The maximum Gasteiger partial charge on any atom is 0.278 e. The van der Waals surface area contributed by atoms with Gasteiger partial charge in [-0.2, -0.15) is 0 Å². The molecule has 0 aliphatic carbocycles. The van der Waals surface area contributed by atoms with Crippen LogP contribution in [-0.4, -0.2) is 30.9 Å². The first-order valence-corrected chi connectivity index (χ1v) is 9.91. The fourth-order valence-electron chi connectivity index (χ4n) is 3.57. The smallest absolute Gasteiger partial charge is 0.278 e. The Balaban J connectivity index is 1.79. The summed E-state index contributed by atoms with van der Waals surface area (Å²) in [5.41, 5.74) is 1.91. The molecule has 3 aromatic rings. The van der Waals surface area contributed by atoms with Crippen molar-refractivity contribution in [2.45, 2.75) is 6.54 Å². The predicted octanol–water partition coefficient (Wildman–Crippen LogP) is 4.24. The number of methoxy groups -OCH3 is 2. The zero-order chi connectivity index (χ0) is 22.7. The Labute approximate surface area is 184 Å². The predicted molar refractivity (Wildman–Crippen MR) is 118 cm³/mol. The van der Waals surface area contributed by atoms with Gasteiger partial charge >= 0.3 is 0 Å². The second-order valence-corrected chi connectivity index (χ2v) is 7.14. The zero-order valence-corrected chi connectivity index (χ0v) is 17.6. The minimum atomic E-state index is -0.493. The second-order valence-electron chi connectivity index (χ2n) is 7.14. The first kappa shape index (κ1) is 21.1. The van der Waals surface area contributed by atoms with E-state index in [1.807, 2.05) is 30.3 Å². The van der Waals surface area contributed by atoms with Gasteiger partial charge in [0, 0.05) is 5.69 Å². The number of rotatable bonds is 7. The maximum absolute atomic E-state index is 13.7. The summed E-state index contributed by atoms with van der Waals surface area (Å²) in [5.74, 6) is -0.488. The number of anilines is 1. The minimum absolute atomic E-state index is 0.0729. The standard InChI is InChI=1S/C25H21FN2O4/c1-31-20-12-11-17(13-21(20)32-2)22-23(27-19-10-6-9-18(26)14-19)25(30)28(24(22)29)15-16-7-4-3-5-8-16/h3-14,27H,15H2,1-2H3. The van der Waals surface area contributed by atoms with Crippen LogP contribution in [0.15, 0.2) is 78.5 Å². The third-order valence-corrected chi connectivity index (χ3v) is 5.12. The number of halogens is 1. The number of hydrogen-bond acceptors (Lipinski definition) is 5. The Bertz CT molecular complexity index is 1210. The fraction of sp³-hybridized carbons (Fsp3) is 0.120. The van der Waals surface area contributed by atoms with Crippen molar-refractivity contribution in [2.24, 2.45) is 0 Å². The van der Waals surface area contributed by atoms with Gasteiger partial charge in [0.1, 0.15) is 11.5 Å². The van der Waals surface area contributed by atoms with E-state index in [0.717, 1.165) is 5.56 Å². The average Bonchev–Trinajstić information content (AvgIpc) is 3.03. The van der Waals surface area contributed by atoms with Gasteiger partial charge in [0.25, 0.3) is 11.8 Å². The van der Waals surface area contributed by atoms with Crippen molar-refractivity contribution < 1.29 is 23.5 Å². The van der Waals surface area contributed by atoms with E-state index in [2.05, 4.69) is 5.32 Å². The van der Waals surface area contributed by atoms with Crippen LogP contribution < -0.4 is 14.8 Å². The number of nitrogens with one attached hydrogen (secondary N) is 1. The zero-order valence-electron chi connectivity index (χ0n) is 17.6. The molecule has 0 saturated heterocycles. The molecule has 3 aromatic carbocycles. The summed E-state index contributed by atoms with van der Waals surface area (Å²) in [6.45, 7) is 0.115. The molecule has 0 fully saturated rings. The quantitative estimate of drug-likeness (QED) is 0.566. The van der Waals surface area contributed by atoms with Crippen LogP contribution in [0, 0.1) is 5.82 Å². The molecule has 1 aliphatic heterocycles. The molecule has 0 spiro atoms. The molecule has 0 atom stereocenters. The maximum atomic E-state index is 13.7. The van der Waals surface area contributed by atoms with Gasteiger partial charge in [-0.05, 0) is 41.5 Å². The van der Waals surface area contributed by atoms with E-state index in [1.165, 1.54) is 37.3 Å². The highest BCUT2D eigenvalue weighted by Gasteiger charge is 2.39. The van der Waals surface area contributed by atoms with E-state index in [-0.39, 0.29) is 17.8 Å². The Morgan fingerprint density at radius 2 is 1.59 bits per heavy atom. The minimum Gasteiger partial charge on any atom is -0.493 e. The summed E-state index contributed by atoms with van der Waals surface area (Å²) in [6, 6.07) is 19.9. The molecule has 2 amide bonds. The van der Waals surface area contributed by atoms with Crippen molar-refractivity contribution in [1.29, 1.82) is 0 Å². The lowest BCUT2D eigenvalue weighted by Gasteiger charge is -2.15. The lowest BCUT2D eigenvalue weighted by Crippen LogP contribution is -2.32. The third-order valence-electron chi connectivity index (χ3n) is 5.12. The number of ether oxygens (including phenoxy) is 2. The number of nitrogens with zero attached hydrogens (tertiary/aromatic N) is 1. The van der Waals surface area contributed by atoms with E-state index >= 15 is 0 Å². The van der Waals surface area contributed by atoms with Crippen LogP contribution in [0.2, 0.25) is 0 Å². The van der Waals surface area contributed by atoms with Crippen LogP contribution in [-0.2, 0) is 16.1 Å². The molecular weight excluding hydrogens is 411 g/mol. The highest BCUT2D eigenvalue weighted by Crippen LogP contribution is 2.36. The highest BCUT2D eigenvalue weighted by molar-refractivity contribution is 6.36. The van der Waals surface area contributed by atoms with Crippen LogP contribution >= 0.6 is 0 Å². The Kier molecular flexibility index (Phi) is 5.89. The van der Waals surface area contributed by atoms with Crippen LogP contribution in [0.5, 0.6) is 11.5 Å². The summed E-state index contributed by atoms with van der Waals surface area (Å²) in [4.78, 5) is 27.9. The van der Waals surface area contributed by atoms with Gasteiger partial charge in [-0.3, -0.25) is 14.5 Å². The summed E-state index contributed by atoms with van der Waals surface area (Å²) < 4.78 is 24.4. The number of imide groups is 1. The molecule has 4 rings (SSSR count). The Morgan fingerprint density at radius 3 is 2.28 bits per heavy atom. The van der Waals surface area contributed by atoms with Crippen LogP contribution in [0.4, 0.5) is 10.1 Å². The Morgan fingerprint density at radius 1 is 0.844 bits per heavy atom. The average molecular weight is 432 g/mol. The summed E-state index contributed by atoms with van der Waals surface area (Å²) >= 11 is 0. The number of hydrogen-bond donors (Lipinski definition) is 1. The summed E-state index contributed by atoms with van der Waals surface area (Å²) in [7, 11) is 3.00. The number of amides is 2. The van der Waals surface area contributed by atoms with E-state index < -0.39 is 17.6 Å². The Hall–Kier alpha value is -4.13. The van der Waals surface area contributed by atoms with Gasteiger partial charge in [0.15, 0.2) is 11.5 Å². The molecule has 6 nitrogen and oxygen atoms in total. The normalized spacial score (nSPS) is 13.5. The SMILES string of the molecule is COc1ccc(C2=C(Nc3cccc(F)c3)C(=O)N(Cc3ccccc3)C2=O)cc1OC. The highest BCUT2D eigenvalue weighted by atomic mass is 19.1. The molecular formula is C25H21FN2O4. The van der Waals surface area contributed by atoms with Crippen LogP contribution in [0.1, 0.15) is 11.1 Å². The molecule has 0 saturated carbocycles. The second kappa shape index (κ2) is 8.93. The fourth-order valence-corrected chi connectivity index (χ4v) is 3.57. The molecule has 1 aliphatic rings. The van der Waals surface area contributed by atoms with Gasteiger partial charge < -0.3 is 14.8 Å². The molecule has 0 aromatic heterocycles. The molecule has 0 radical (unpaired) electrons. The lowest BCUT2D eigenvalue weighted by molar-refractivity contribution is -0.137. The van der Waals surface area contributed by atoms with Gasteiger partial charge in [-0.25, -0.2) is 4.39 Å². The van der Waals surface area contributed by atoms with E-state index in [4.69, 9.17) is 9.47 Å². The first-order chi connectivity index (χ1) is 15.5. The van der Waals surface area contributed by atoms with E-state index in [1.54, 1.807) is 24.3 Å². The number of benzene rings is 3. The number of carbonyl (C=O) groups excluding carboxylic acids is 2. The topological polar surface area (TPSA) is 67.9 Å². The molecule has 1 heterocycles. The molecule has 0 bridgehead atoms. The van der Waals surface area contributed by atoms with Crippen molar-refractivity contribution in [3.05, 3.63) is 95.4 Å². The van der Waals surface area contributed by atoms with Crippen LogP contribution in [0.25, 0.3) is 5.57 Å². The summed E-state index contributed by atoms with van der Waals surface area (Å²) in [6.07, 6.45) is 0. The largest absolute Gasteiger partial charge is 0.493 e. The van der Waals surface area contributed by atoms with Gasteiger partial charge in [0.2, 0.25) is 0 Å². The lowest BCUT2D eigenvalue weighted by atomic mass is 10.0. The third kappa shape index (κ3) is 4.05. The van der Waals surface area contributed by atoms with E-state index in [9.17, 15) is 14.0 Å². The van der Waals surface area contributed by atoms with Crippen molar-refractivity contribution in [3.8, 4) is 11.5 Å². The molecule has 7 heteroatoms. The van der Waals surface area contributed by atoms with Gasteiger partial charge in [0.05, 0.1) is 26.3 Å². The van der Waals surface area contributed by atoms with Crippen molar-refractivity contribution >= 4 is 23.1 Å². The van der Waals surface area contributed by atoms with Crippen LogP contribution in [0.3, 0.4) is 0 Å². The van der Waals surface area contributed by atoms with Gasteiger partial charge in [-0.15, -0.1) is 0 Å². The van der Waals surface area contributed by atoms with Crippen molar-refractivity contribution in [2.75, 3.05) is 19.5 Å². The molecule has 1 N–H and O–H groups in total.